The average Bonchev–Trinajstić information content (AvgIpc) is 2.77. The van der Waals surface area contributed by atoms with Gasteiger partial charge < -0.3 is 25.2 Å². The van der Waals surface area contributed by atoms with Crippen molar-refractivity contribution in [3.05, 3.63) is 35.4 Å². The molecule has 0 radical (unpaired) electrons. The van der Waals surface area contributed by atoms with Gasteiger partial charge in [0, 0.05) is 38.8 Å². The quantitative estimate of drug-likeness (QED) is 0.804. The van der Waals surface area contributed by atoms with Crippen LogP contribution in [0.15, 0.2) is 24.3 Å². The molecule has 8 heteroatoms. The van der Waals surface area contributed by atoms with Crippen LogP contribution in [0.4, 0.5) is 4.79 Å². The average molecular weight is 388 g/mol. The summed E-state index contributed by atoms with van der Waals surface area (Å²) in [5, 5.41) is 5.40. The number of carbonyl (C=O) groups excluding carboxylic acids is 3. The Morgan fingerprint density at radius 3 is 2.43 bits per heavy atom. The third-order valence-electron chi connectivity index (χ3n) is 5.18. The van der Waals surface area contributed by atoms with E-state index in [4.69, 9.17) is 4.74 Å². The highest BCUT2D eigenvalue weighted by molar-refractivity contribution is 5.94. The summed E-state index contributed by atoms with van der Waals surface area (Å²) in [6.45, 7) is 3.02. The Bertz CT molecular complexity index is 701. The minimum Gasteiger partial charge on any atom is -0.365 e. The Labute approximate surface area is 165 Å². The molecule has 1 aromatic carbocycles. The van der Waals surface area contributed by atoms with Gasteiger partial charge in [0.1, 0.15) is 0 Å². The van der Waals surface area contributed by atoms with Crippen molar-refractivity contribution >= 4 is 17.8 Å². The van der Waals surface area contributed by atoms with Crippen LogP contribution in [0, 0.1) is 0 Å². The number of nitrogens with one attached hydrogen (secondary N) is 2. The number of likely N-dealkylation sites (N-methyl/N-ethyl adjacent to an activating group) is 1. The molecule has 1 unspecified atom stereocenters. The summed E-state index contributed by atoms with van der Waals surface area (Å²) in [5.74, 6) is -0.157. The molecule has 0 aromatic heterocycles. The summed E-state index contributed by atoms with van der Waals surface area (Å²) in [7, 11) is 1.55. The van der Waals surface area contributed by atoms with E-state index >= 15 is 0 Å². The van der Waals surface area contributed by atoms with Crippen LogP contribution in [0.25, 0.3) is 0 Å². The lowest BCUT2D eigenvalue weighted by atomic mass is 10.1. The lowest BCUT2D eigenvalue weighted by Crippen LogP contribution is -2.53. The molecule has 0 spiro atoms. The zero-order valence-corrected chi connectivity index (χ0v) is 16.3. The SMILES string of the molecule is CNC(=O)C1CN(C(=O)NCc2ccc(C(=O)N3CCCCC3)cc2)CCO1. The fraction of sp³-hybridized carbons (Fsp3) is 0.550. The fourth-order valence-corrected chi connectivity index (χ4v) is 3.49. The van der Waals surface area contributed by atoms with E-state index in [0.29, 0.717) is 25.3 Å². The number of hydrogen-bond donors (Lipinski definition) is 2. The number of piperidine rings is 1. The summed E-state index contributed by atoms with van der Waals surface area (Å²) in [6.07, 6.45) is 2.69. The maximum Gasteiger partial charge on any atom is 0.317 e. The Kier molecular flexibility index (Phi) is 6.86. The summed E-state index contributed by atoms with van der Waals surface area (Å²) < 4.78 is 5.39. The van der Waals surface area contributed by atoms with Crippen molar-refractivity contribution in [2.24, 2.45) is 0 Å². The van der Waals surface area contributed by atoms with Crippen molar-refractivity contribution in [1.82, 2.24) is 20.4 Å². The molecule has 4 amide bonds. The number of amides is 4. The van der Waals surface area contributed by atoms with Gasteiger partial charge in [0.05, 0.1) is 13.2 Å². The number of likely N-dealkylation sites (tertiary alicyclic amines) is 1. The molecule has 0 bridgehead atoms. The van der Waals surface area contributed by atoms with Crippen molar-refractivity contribution in [2.45, 2.75) is 31.9 Å². The Morgan fingerprint density at radius 2 is 1.75 bits per heavy atom. The number of ether oxygens (including phenoxy) is 1. The van der Waals surface area contributed by atoms with Gasteiger partial charge in [-0.2, -0.15) is 0 Å². The summed E-state index contributed by atoms with van der Waals surface area (Å²) in [4.78, 5) is 40.1. The van der Waals surface area contributed by atoms with E-state index in [2.05, 4.69) is 10.6 Å². The second-order valence-electron chi connectivity index (χ2n) is 7.13. The van der Waals surface area contributed by atoms with E-state index in [-0.39, 0.29) is 24.4 Å². The first kappa shape index (κ1) is 20.1. The van der Waals surface area contributed by atoms with Crippen molar-refractivity contribution in [2.75, 3.05) is 39.8 Å². The third-order valence-corrected chi connectivity index (χ3v) is 5.18. The van der Waals surface area contributed by atoms with E-state index in [1.54, 1.807) is 11.9 Å². The molecule has 2 aliphatic rings. The molecule has 1 aromatic rings. The fourth-order valence-electron chi connectivity index (χ4n) is 3.49. The van der Waals surface area contributed by atoms with Crippen LogP contribution < -0.4 is 10.6 Å². The van der Waals surface area contributed by atoms with Gasteiger partial charge in [0.15, 0.2) is 6.10 Å². The van der Waals surface area contributed by atoms with Crippen LogP contribution in [0.5, 0.6) is 0 Å². The largest absolute Gasteiger partial charge is 0.365 e. The number of urea groups is 1. The molecule has 0 aliphatic carbocycles. The zero-order chi connectivity index (χ0) is 19.9. The second kappa shape index (κ2) is 9.54. The van der Waals surface area contributed by atoms with Crippen molar-refractivity contribution in [1.29, 1.82) is 0 Å². The number of rotatable bonds is 4. The maximum atomic E-state index is 12.5. The summed E-state index contributed by atoms with van der Waals surface area (Å²) in [5.41, 5.74) is 1.60. The number of morpholine rings is 1. The molecule has 3 rings (SSSR count). The van der Waals surface area contributed by atoms with Gasteiger partial charge in [0.2, 0.25) is 0 Å². The van der Waals surface area contributed by atoms with E-state index in [9.17, 15) is 14.4 Å². The highest BCUT2D eigenvalue weighted by Crippen LogP contribution is 2.14. The first-order valence-electron chi connectivity index (χ1n) is 9.82. The van der Waals surface area contributed by atoms with Gasteiger partial charge in [-0.05, 0) is 37.0 Å². The van der Waals surface area contributed by atoms with Gasteiger partial charge >= 0.3 is 6.03 Å². The Balaban J connectivity index is 1.49. The predicted molar refractivity (Wildman–Crippen MR) is 104 cm³/mol. The minimum absolute atomic E-state index is 0.0730. The van der Waals surface area contributed by atoms with E-state index in [1.807, 2.05) is 29.2 Å². The number of benzene rings is 1. The van der Waals surface area contributed by atoms with Gasteiger partial charge in [0.25, 0.3) is 11.8 Å². The van der Waals surface area contributed by atoms with Crippen molar-refractivity contribution in [3.8, 4) is 0 Å². The van der Waals surface area contributed by atoms with Crippen LogP contribution in [-0.4, -0.2) is 73.6 Å². The molecule has 2 aliphatic heterocycles. The summed E-state index contributed by atoms with van der Waals surface area (Å²) in [6, 6.07) is 7.13. The zero-order valence-electron chi connectivity index (χ0n) is 16.3. The molecule has 1 atom stereocenters. The van der Waals surface area contributed by atoms with Crippen LogP contribution in [0.3, 0.4) is 0 Å². The molecular weight excluding hydrogens is 360 g/mol. The van der Waals surface area contributed by atoms with Crippen LogP contribution >= 0.6 is 0 Å². The standard InChI is InChI=1S/C20H28N4O4/c1-21-18(25)17-14-24(11-12-28-17)20(27)22-13-15-5-7-16(8-6-15)19(26)23-9-3-2-4-10-23/h5-8,17H,2-4,9-14H2,1H3,(H,21,25)(H,22,27). The molecule has 2 N–H and O–H groups in total. The first-order valence-corrected chi connectivity index (χ1v) is 9.82. The first-order chi connectivity index (χ1) is 13.6. The van der Waals surface area contributed by atoms with E-state index < -0.39 is 6.10 Å². The topological polar surface area (TPSA) is 91.0 Å². The van der Waals surface area contributed by atoms with Crippen molar-refractivity contribution in [3.63, 3.8) is 0 Å². The van der Waals surface area contributed by atoms with Gasteiger partial charge in [-0.25, -0.2) is 4.79 Å². The number of nitrogens with zero attached hydrogens (tertiary/aromatic N) is 2. The second-order valence-corrected chi connectivity index (χ2v) is 7.13. The maximum absolute atomic E-state index is 12.5. The van der Waals surface area contributed by atoms with Gasteiger partial charge in [-0.1, -0.05) is 12.1 Å². The van der Waals surface area contributed by atoms with E-state index in [1.165, 1.54) is 6.42 Å². The number of carbonyl (C=O) groups is 3. The van der Waals surface area contributed by atoms with Crippen molar-refractivity contribution < 1.29 is 19.1 Å². The van der Waals surface area contributed by atoms with Crippen LogP contribution in [0.2, 0.25) is 0 Å². The molecular formula is C20H28N4O4. The highest BCUT2D eigenvalue weighted by Gasteiger charge is 2.28. The molecule has 2 heterocycles. The molecule has 8 nitrogen and oxygen atoms in total. The van der Waals surface area contributed by atoms with Crippen LogP contribution in [-0.2, 0) is 16.1 Å². The lowest BCUT2D eigenvalue weighted by Gasteiger charge is -2.32. The number of hydrogen-bond acceptors (Lipinski definition) is 4. The monoisotopic (exact) mass is 388 g/mol. The van der Waals surface area contributed by atoms with Gasteiger partial charge in [-0.3, -0.25) is 9.59 Å². The minimum atomic E-state index is -0.635. The summed E-state index contributed by atoms with van der Waals surface area (Å²) >= 11 is 0. The molecule has 152 valence electrons. The van der Waals surface area contributed by atoms with Crippen LogP contribution in [0.1, 0.15) is 35.2 Å². The highest BCUT2D eigenvalue weighted by atomic mass is 16.5. The predicted octanol–water partition coefficient (Wildman–Crippen LogP) is 0.969. The molecule has 2 saturated heterocycles. The molecule has 28 heavy (non-hydrogen) atoms. The smallest absolute Gasteiger partial charge is 0.317 e. The Morgan fingerprint density at radius 1 is 1.04 bits per heavy atom. The van der Waals surface area contributed by atoms with E-state index in [0.717, 1.165) is 31.5 Å². The molecule has 2 fully saturated rings. The normalized spacial score (nSPS) is 19.8. The molecule has 0 saturated carbocycles. The third kappa shape index (κ3) is 5.01. The van der Waals surface area contributed by atoms with Gasteiger partial charge in [-0.15, -0.1) is 0 Å². The lowest BCUT2D eigenvalue weighted by molar-refractivity contribution is -0.136. The Hall–Kier alpha value is -2.61.